The fourth-order valence-electron chi connectivity index (χ4n) is 1.97. The number of hydrogen-bond acceptors (Lipinski definition) is 2. The van der Waals surface area contributed by atoms with E-state index in [0.717, 1.165) is 26.2 Å². The first-order valence-corrected chi connectivity index (χ1v) is 5.43. The highest BCUT2D eigenvalue weighted by Gasteiger charge is 2.18. The number of halogens is 2. The zero-order valence-electron chi connectivity index (χ0n) is 8.81. The standard InChI is InChI=1S/C10H20F2N2/c1-2-14(8-10(11)12)7-9-4-3-5-13-6-9/h9-10,13H,2-8H2,1H3. The molecule has 1 heterocycles. The molecule has 0 amide bonds. The average Bonchev–Trinajstić information content (AvgIpc) is 2.17. The molecule has 0 spiro atoms. The molecule has 84 valence electrons. The number of alkyl halides is 2. The number of piperidine rings is 1. The lowest BCUT2D eigenvalue weighted by molar-refractivity contribution is 0.0800. The van der Waals surface area contributed by atoms with Crippen molar-refractivity contribution in [2.24, 2.45) is 5.92 Å². The van der Waals surface area contributed by atoms with Crippen LogP contribution in [0.5, 0.6) is 0 Å². The van der Waals surface area contributed by atoms with Gasteiger partial charge in [-0.3, -0.25) is 4.90 Å². The van der Waals surface area contributed by atoms with Crippen molar-refractivity contribution in [3.05, 3.63) is 0 Å². The number of rotatable bonds is 5. The Hall–Kier alpha value is -0.220. The summed E-state index contributed by atoms with van der Waals surface area (Å²) < 4.78 is 24.3. The third-order valence-electron chi connectivity index (χ3n) is 2.76. The van der Waals surface area contributed by atoms with E-state index in [9.17, 15) is 8.78 Å². The van der Waals surface area contributed by atoms with E-state index in [1.54, 1.807) is 0 Å². The van der Waals surface area contributed by atoms with Crippen LogP contribution in [-0.4, -0.2) is 44.0 Å². The molecule has 0 aliphatic carbocycles. The fourth-order valence-corrected chi connectivity index (χ4v) is 1.97. The number of nitrogens with one attached hydrogen (secondary N) is 1. The number of nitrogens with zero attached hydrogens (tertiary/aromatic N) is 1. The molecule has 0 aromatic carbocycles. The Morgan fingerprint density at radius 1 is 1.50 bits per heavy atom. The molecular formula is C10H20F2N2. The van der Waals surface area contributed by atoms with E-state index >= 15 is 0 Å². The molecule has 1 N–H and O–H groups in total. The second kappa shape index (κ2) is 6.30. The number of hydrogen-bond donors (Lipinski definition) is 1. The lowest BCUT2D eigenvalue weighted by Gasteiger charge is -2.29. The van der Waals surface area contributed by atoms with Crippen LogP contribution < -0.4 is 5.32 Å². The van der Waals surface area contributed by atoms with Crippen molar-refractivity contribution in [2.75, 3.05) is 32.7 Å². The second-order valence-corrected chi connectivity index (χ2v) is 3.96. The molecule has 1 saturated heterocycles. The van der Waals surface area contributed by atoms with Crippen LogP contribution in [0.4, 0.5) is 8.78 Å². The molecule has 0 radical (unpaired) electrons. The van der Waals surface area contributed by atoms with Crippen molar-refractivity contribution >= 4 is 0 Å². The van der Waals surface area contributed by atoms with Crippen LogP contribution in [-0.2, 0) is 0 Å². The highest BCUT2D eigenvalue weighted by atomic mass is 19.3. The lowest BCUT2D eigenvalue weighted by atomic mass is 9.99. The van der Waals surface area contributed by atoms with Crippen molar-refractivity contribution in [1.82, 2.24) is 10.2 Å². The normalized spacial score (nSPS) is 23.4. The Balaban J connectivity index is 2.23. The van der Waals surface area contributed by atoms with Gasteiger partial charge in [-0.25, -0.2) is 8.78 Å². The quantitative estimate of drug-likeness (QED) is 0.734. The van der Waals surface area contributed by atoms with E-state index in [0.29, 0.717) is 5.92 Å². The molecule has 0 bridgehead atoms. The Bertz CT molecular complexity index is 147. The molecule has 0 aromatic rings. The van der Waals surface area contributed by atoms with Crippen LogP contribution in [0.2, 0.25) is 0 Å². The first-order chi connectivity index (χ1) is 6.72. The molecule has 1 unspecified atom stereocenters. The van der Waals surface area contributed by atoms with Crippen molar-refractivity contribution < 1.29 is 8.78 Å². The van der Waals surface area contributed by atoms with Gasteiger partial charge in [-0.1, -0.05) is 6.92 Å². The van der Waals surface area contributed by atoms with Gasteiger partial charge in [-0.2, -0.15) is 0 Å². The maximum absolute atomic E-state index is 12.2. The summed E-state index contributed by atoms with van der Waals surface area (Å²) in [6.45, 7) is 5.47. The van der Waals surface area contributed by atoms with E-state index in [4.69, 9.17) is 0 Å². The first kappa shape index (κ1) is 11.9. The fraction of sp³-hybridized carbons (Fsp3) is 1.00. The first-order valence-electron chi connectivity index (χ1n) is 5.43. The van der Waals surface area contributed by atoms with Gasteiger partial charge in [0.2, 0.25) is 0 Å². The molecule has 14 heavy (non-hydrogen) atoms. The van der Waals surface area contributed by atoms with Gasteiger partial charge in [-0.15, -0.1) is 0 Å². The average molecular weight is 206 g/mol. The van der Waals surface area contributed by atoms with E-state index in [-0.39, 0.29) is 6.54 Å². The van der Waals surface area contributed by atoms with Crippen molar-refractivity contribution in [3.8, 4) is 0 Å². The molecule has 1 rings (SSSR count). The monoisotopic (exact) mass is 206 g/mol. The van der Waals surface area contributed by atoms with Crippen LogP contribution >= 0.6 is 0 Å². The minimum Gasteiger partial charge on any atom is -0.316 e. The van der Waals surface area contributed by atoms with Crippen LogP contribution in [0.25, 0.3) is 0 Å². The summed E-state index contributed by atoms with van der Waals surface area (Å²) in [5, 5.41) is 3.30. The Morgan fingerprint density at radius 3 is 2.79 bits per heavy atom. The van der Waals surface area contributed by atoms with Crippen LogP contribution in [0, 0.1) is 5.92 Å². The second-order valence-electron chi connectivity index (χ2n) is 3.96. The molecular weight excluding hydrogens is 186 g/mol. The molecule has 1 aliphatic heterocycles. The lowest BCUT2D eigenvalue weighted by Crippen LogP contribution is -2.39. The molecule has 0 saturated carbocycles. The highest BCUT2D eigenvalue weighted by molar-refractivity contribution is 4.72. The molecule has 4 heteroatoms. The third-order valence-corrected chi connectivity index (χ3v) is 2.76. The molecule has 0 aromatic heterocycles. The van der Waals surface area contributed by atoms with E-state index < -0.39 is 6.43 Å². The smallest absolute Gasteiger partial charge is 0.251 e. The summed E-state index contributed by atoms with van der Waals surface area (Å²) in [7, 11) is 0. The minimum absolute atomic E-state index is 0.0764. The maximum Gasteiger partial charge on any atom is 0.251 e. The maximum atomic E-state index is 12.2. The third kappa shape index (κ3) is 4.33. The molecule has 1 atom stereocenters. The van der Waals surface area contributed by atoms with E-state index in [1.165, 1.54) is 12.8 Å². The van der Waals surface area contributed by atoms with Crippen LogP contribution in [0.3, 0.4) is 0 Å². The summed E-state index contributed by atoms with van der Waals surface area (Å²) in [6, 6.07) is 0. The van der Waals surface area contributed by atoms with Crippen LogP contribution in [0.15, 0.2) is 0 Å². The van der Waals surface area contributed by atoms with Gasteiger partial charge in [0.25, 0.3) is 6.43 Å². The summed E-state index contributed by atoms with van der Waals surface area (Å²) >= 11 is 0. The topological polar surface area (TPSA) is 15.3 Å². The molecule has 1 fully saturated rings. The Kier molecular flexibility index (Phi) is 5.33. The zero-order valence-corrected chi connectivity index (χ0v) is 8.81. The van der Waals surface area contributed by atoms with Crippen LogP contribution in [0.1, 0.15) is 19.8 Å². The van der Waals surface area contributed by atoms with Gasteiger partial charge < -0.3 is 5.32 Å². The Labute approximate surface area is 84.7 Å². The Morgan fingerprint density at radius 2 is 2.29 bits per heavy atom. The molecule has 2 nitrogen and oxygen atoms in total. The predicted molar refractivity (Wildman–Crippen MR) is 53.7 cm³/mol. The van der Waals surface area contributed by atoms with Gasteiger partial charge in [0.15, 0.2) is 0 Å². The van der Waals surface area contributed by atoms with E-state index in [1.807, 2.05) is 11.8 Å². The summed E-state index contributed by atoms with van der Waals surface area (Å²) in [5.74, 6) is 0.558. The predicted octanol–water partition coefficient (Wildman–Crippen LogP) is 1.57. The summed E-state index contributed by atoms with van der Waals surface area (Å²) in [4.78, 5) is 1.85. The summed E-state index contributed by atoms with van der Waals surface area (Å²) in [5.41, 5.74) is 0. The van der Waals surface area contributed by atoms with Crippen molar-refractivity contribution in [1.29, 1.82) is 0 Å². The van der Waals surface area contributed by atoms with Gasteiger partial charge in [0.1, 0.15) is 0 Å². The SMILES string of the molecule is CCN(CC(F)F)CC1CCCNC1. The van der Waals surface area contributed by atoms with Crippen molar-refractivity contribution in [2.45, 2.75) is 26.2 Å². The highest BCUT2D eigenvalue weighted by Crippen LogP contribution is 2.12. The minimum atomic E-state index is -2.20. The molecule has 1 aliphatic rings. The van der Waals surface area contributed by atoms with E-state index in [2.05, 4.69) is 5.32 Å². The summed E-state index contributed by atoms with van der Waals surface area (Å²) in [6.07, 6.45) is 0.149. The van der Waals surface area contributed by atoms with Gasteiger partial charge in [-0.05, 0) is 38.4 Å². The van der Waals surface area contributed by atoms with Gasteiger partial charge in [0, 0.05) is 6.54 Å². The largest absolute Gasteiger partial charge is 0.316 e. The van der Waals surface area contributed by atoms with Gasteiger partial charge >= 0.3 is 0 Å². The zero-order chi connectivity index (χ0) is 10.4. The van der Waals surface area contributed by atoms with Crippen molar-refractivity contribution in [3.63, 3.8) is 0 Å². The van der Waals surface area contributed by atoms with Gasteiger partial charge in [0.05, 0.1) is 6.54 Å².